The molecule has 1 aliphatic rings. The molecule has 0 amide bonds. The molecular weight excluding hydrogens is 420 g/mol. The van der Waals surface area contributed by atoms with Crippen LogP contribution in [0, 0.1) is 6.92 Å². The van der Waals surface area contributed by atoms with Crippen LogP contribution in [0.4, 0.5) is 0 Å². The summed E-state index contributed by atoms with van der Waals surface area (Å²) >= 11 is 3.56. The van der Waals surface area contributed by atoms with Gasteiger partial charge in [-0.25, -0.2) is 14.6 Å². The Morgan fingerprint density at radius 3 is 2.81 bits per heavy atom. The molecule has 0 bridgehead atoms. The summed E-state index contributed by atoms with van der Waals surface area (Å²) in [6, 6.07) is 6.16. The van der Waals surface area contributed by atoms with E-state index < -0.39 is 0 Å². The van der Waals surface area contributed by atoms with Crippen LogP contribution < -0.4 is 0 Å². The van der Waals surface area contributed by atoms with Crippen molar-refractivity contribution in [2.45, 2.75) is 20.0 Å². The van der Waals surface area contributed by atoms with Gasteiger partial charge in [0.15, 0.2) is 11.6 Å². The van der Waals surface area contributed by atoms with Crippen molar-refractivity contribution in [1.82, 2.24) is 39.3 Å². The first-order valence-electron chi connectivity index (χ1n) is 7.80. The Morgan fingerprint density at radius 2 is 2.00 bits per heavy atom. The predicted molar refractivity (Wildman–Crippen MR) is 100 cm³/mol. The summed E-state index contributed by atoms with van der Waals surface area (Å²) in [7, 11) is 0. The SMILES string of the molecule is Cc1ncn2c1Cn1nc(Cn3nccn3)nc1-c1cc(Br)ccc1-2.Cl. The van der Waals surface area contributed by atoms with Gasteiger partial charge in [0.1, 0.15) is 6.54 Å². The van der Waals surface area contributed by atoms with Gasteiger partial charge in [0.05, 0.1) is 42.3 Å². The highest BCUT2D eigenvalue weighted by atomic mass is 79.9. The average molecular weight is 434 g/mol. The third kappa shape index (κ3) is 2.63. The zero-order valence-electron chi connectivity index (χ0n) is 13.7. The van der Waals surface area contributed by atoms with Crippen LogP contribution in [-0.4, -0.2) is 39.3 Å². The van der Waals surface area contributed by atoms with Crippen LogP contribution in [0.1, 0.15) is 17.2 Å². The van der Waals surface area contributed by atoms with E-state index >= 15 is 0 Å². The van der Waals surface area contributed by atoms with Crippen molar-refractivity contribution in [2.75, 3.05) is 0 Å². The summed E-state index contributed by atoms with van der Waals surface area (Å²) in [6.45, 7) is 3.07. The quantitative estimate of drug-likeness (QED) is 0.427. The highest BCUT2D eigenvalue weighted by Crippen LogP contribution is 2.33. The van der Waals surface area contributed by atoms with E-state index in [2.05, 4.69) is 52.9 Å². The standard InChI is InChI=1S/C16H13BrN8.ClH/c1-10-14-7-24-16(21-15(22-24)8-25-19-4-5-20-25)12-6-11(17)2-3-13(12)23(14)9-18-10;/h2-6,9H,7-8H2,1H3;1H. The van der Waals surface area contributed by atoms with Crippen molar-refractivity contribution in [3.8, 4) is 17.1 Å². The molecule has 4 aromatic rings. The molecule has 3 aromatic heterocycles. The van der Waals surface area contributed by atoms with Crippen molar-refractivity contribution in [2.24, 2.45) is 0 Å². The molecule has 4 heterocycles. The summed E-state index contributed by atoms with van der Waals surface area (Å²) in [4.78, 5) is 10.8. The third-order valence-corrected chi connectivity index (χ3v) is 4.79. The number of nitrogens with zero attached hydrogens (tertiary/aromatic N) is 8. The van der Waals surface area contributed by atoms with Crippen molar-refractivity contribution in [1.29, 1.82) is 0 Å². The van der Waals surface area contributed by atoms with Gasteiger partial charge in [-0.3, -0.25) is 0 Å². The molecule has 0 atom stereocenters. The molecule has 132 valence electrons. The molecule has 0 unspecified atom stereocenters. The Bertz CT molecular complexity index is 1080. The van der Waals surface area contributed by atoms with E-state index in [1.54, 1.807) is 17.2 Å². The molecule has 0 radical (unpaired) electrons. The lowest BCUT2D eigenvalue weighted by molar-refractivity contribution is 0.561. The number of hydrogen-bond donors (Lipinski definition) is 0. The van der Waals surface area contributed by atoms with E-state index in [9.17, 15) is 0 Å². The number of fused-ring (bicyclic) bond motifs is 5. The lowest BCUT2D eigenvalue weighted by atomic mass is 10.1. The summed E-state index contributed by atoms with van der Waals surface area (Å²) in [5.74, 6) is 1.52. The molecule has 1 aromatic carbocycles. The Labute approximate surface area is 163 Å². The minimum absolute atomic E-state index is 0. The number of aromatic nitrogens is 8. The Balaban J connectivity index is 0.00000168. The second kappa shape index (κ2) is 6.33. The van der Waals surface area contributed by atoms with Gasteiger partial charge in [-0.15, -0.1) is 12.4 Å². The fourth-order valence-electron chi connectivity index (χ4n) is 3.12. The maximum Gasteiger partial charge on any atom is 0.174 e. The highest BCUT2D eigenvalue weighted by Gasteiger charge is 2.24. The van der Waals surface area contributed by atoms with Gasteiger partial charge in [-0.05, 0) is 25.1 Å². The Kier molecular flexibility index (Phi) is 4.12. The van der Waals surface area contributed by atoms with Crippen LogP contribution in [-0.2, 0) is 13.1 Å². The molecule has 0 fully saturated rings. The molecule has 5 rings (SSSR count). The Hall–Kier alpha value is -2.52. The number of benzene rings is 1. The molecule has 0 aliphatic carbocycles. The fraction of sp³-hybridized carbons (Fsp3) is 0.188. The zero-order valence-corrected chi connectivity index (χ0v) is 16.1. The van der Waals surface area contributed by atoms with Crippen molar-refractivity contribution in [3.63, 3.8) is 0 Å². The van der Waals surface area contributed by atoms with Crippen LogP contribution in [0.2, 0.25) is 0 Å². The number of imidazole rings is 1. The van der Waals surface area contributed by atoms with Crippen LogP contribution in [0.3, 0.4) is 0 Å². The zero-order chi connectivity index (χ0) is 17.0. The van der Waals surface area contributed by atoms with E-state index in [1.807, 2.05) is 24.0 Å². The average Bonchev–Trinajstić information content (AvgIpc) is 3.30. The lowest BCUT2D eigenvalue weighted by Gasteiger charge is -2.08. The first-order chi connectivity index (χ1) is 12.2. The molecular formula is C16H14BrClN8. The second-order valence-corrected chi connectivity index (χ2v) is 6.79. The number of halogens is 2. The maximum absolute atomic E-state index is 4.76. The van der Waals surface area contributed by atoms with E-state index in [4.69, 9.17) is 4.98 Å². The summed E-state index contributed by atoms with van der Waals surface area (Å²) in [5.41, 5.74) is 4.16. The van der Waals surface area contributed by atoms with E-state index in [1.165, 1.54) is 0 Å². The van der Waals surface area contributed by atoms with Gasteiger partial charge >= 0.3 is 0 Å². The molecule has 26 heavy (non-hydrogen) atoms. The Morgan fingerprint density at radius 1 is 1.19 bits per heavy atom. The molecule has 0 spiro atoms. The molecule has 0 N–H and O–H groups in total. The minimum atomic E-state index is 0. The fourth-order valence-corrected chi connectivity index (χ4v) is 3.48. The largest absolute Gasteiger partial charge is 0.300 e. The monoisotopic (exact) mass is 432 g/mol. The maximum atomic E-state index is 4.76. The minimum Gasteiger partial charge on any atom is -0.300 e. The van der Waals surface area contributed by atoms with Gasteiger partial charge in [-0.1, -0.05) is 15.9 Å². The van der Waals surface area contributed by atoms with Crippen LogP contribution in [0.5, 0.6) is 0 Å². The van der Waals surface area contributed by atoms with Crippen molar-refractivity contribution >= 4 is 28.3 Å². The van der Waals surface area contributed by atoms with Crippen molar-refractivity contribution in [3.05, 3.63) is 58.6 Å². The summed E-state index contributed by atoms with van der Waals surface area (Å²) < 4.78 is 5.04. The van der Waals surface area contributed by atoms with E-state index in [0.717, 1.165) is 32.9 Å². The van der Waals surface area contributed by atoms with E-state index in [-0.39, 0.29) is 12.4 Å². The number of rotatable bonds is 2. The lowest BCUT2D eigenvalue weighted by Crippen LogP contribution is -2.08. The smallest absolute Gasteiger partial charge is 0.174 e. The number of hydrogen-bond acceptors (Lipinski definition) is 5. The molecule has 0 saturated heterocycles. The molecule has 1 aliphatic heterocycles. The van der Waals surface area contributed by atoms with Crippen LogP contribution >= 0.6 is 28.3 Å². The van der Waals surface area contributed by atoms with Gasteiger partial charge in [-0.2, -0.15) is 20.1 Å². The van der Waals surface area contributed by atoms with Crippen LogP contribution in [0.15, 0.2) is 41.4 Å². The third-order valence-electron chi connectivity index (χ3n) is 4.30. The predicted octanol–water partition coefficient (Wildman–Crippen LogP) is 2.63. The summed E-state index contributed by atoms with van der Waals surface area (Å²) in [6.07, 6.45) is 5.16. The van der Waals surface area contributed by atoms with Gasteiger partial charge in [0, 0.05) is 10.0 Å². The van der Waals surface area contributed by atoms with Gasteiger partial charge in [0.25, 0.3) is 0 Å². The second-order valence-electron chi connectivity index (χ2n) is 5.88. The van der Waals surface area contributed by atoms with Crippen molar-refractivity contribution < 1.29 is 0 Å². The molecule has 8 nitrogen and oxygen atoms in total. The molecule has 10 heteroatoms. The topological polar surface area (TPSA) is 79.2 Å². The van der Waals surface area contributed by atoms with Gasteiger partial charge < -0.3 is 4.57 Å². The normalized spacial score (nSPS) is 11.9. The van der Waals surface area contributed by atoms with Crippen LogP contribution in [0.25, 0.3) is 17.1 Å². The molecule has 0 saturated carbocycles. The highest BCUT2D eigenvalue weighted by molar-refractivity contribution is 9.10. The van der Waals surface area contributed by atoms with E-state index in [0.29, 0.717) is 18.9 Å². The first-order valence-corrected chi connectivity index (χ1v) is 8.59. The summed E-state index contributed by atoms with van der Waals surface area (Å²) in [5, 5.41) is 12.9. The number of aryl methyl sites for hydroxylation is 1. The van der Waals surface area contributed by atoms with Gasteiger partial charge in [0.2, 0.25) is 0 Å². The first kappa shape index (κ1) is 16.9.